The molecular formula is C17H13Cl2N5O2. The molecule has 3 N–H and O–H groups in total. The zero-order chi connectivity index (χ0) is 18.5. The first-order valence-electron chi connectivity index (χ1n) is 7.46. The summed E-state index contributed by atoms with van der Waals surface area (Å²) >= 11 is 11.9. The first kappa shape index (κ1) is 17.9. The van der Waals surface area contributed by atoms with Crippen LogP contribution in [-0.4, -0.2) is 20.9 Å². The van der Waals surface area contributed by atoms with Gasteiger partial charge in [0.25, 0.3) is 0 Å². The van der Waals surface area contributed by atoms with Crippen molar-refractivity contribution in [3.8, 4) is 0 Å². The molecule has 7 nitrogen and oxygen atoms in total. The Morgan fingerprint density at radius 1 is 1.04 bits per heavy atom. The van der Waals surface area contributed by atoms with Crippen LogP contribution in [0.3, 0.4) is 0 Å². The molecule has 0 radical (unpaired) electrons. The summed E-state index contributed by atoms with van der Waals surface area (Å²) in [5.74, 6) is -0.197. The van der Waals surface area contributed by atoms with E-state index in [4.69, 9.17) is 33.7 Å². The first-order valence-corrected chi connectivity index (χ1v) is 8.22. The van der Waals surface area contributed by atoms with E-state index in [0.29, 0.717) is 0 Å². The van der Waals surface area contributed by atoms with Gasteiger partial charge in [-0.15, -0.1) is 0 Å². The second kappa shape index (κ2) is 7.99. The van der Waals surface area contributed by atoms with Crippen molar-refractivity contribution in [2.24, 2.45) is 0 Å². The Morgan fingerprint density at radius 2 is 1.81 bits per heavy atom. The predicted molar refractivity (Wildman–Crippen MR) is 99.5 cm³/mol. The van der Waals surface area contributed by atoms with E-state index < -0.39 is 5.97 Å². The number of hydrogen-bond donors (Lipinski definition) is 2. The predicted octanol–water partition coefficient (Wildman–Crippen LogP) is 3.86. The van der Waals surface area contributed by atoms with Crippen LogP contribution in [0.2, 0.25) is 10.0 Å². The number of esters is 1. The Morgan fingerprint density at radius 3 is 2.58 bits per heavy atom. The fourth-order valence-corrected chi connectivity index (χ4v) is 2.46. The van der Waals surface area contributed by atoms with E-state index in [1.165, 1.54) is 6.07 Å². The Balaban J connectivity index is 1.72. The van der Waals surface area contributed by atoms with E-state index >= 15 is 0 Å². The van der Waals surface area contributed by atoms with E-state index in [-0.39, 0.29) is 39.9 Å². The molecule has 0 unspecified atom stereocenters. The molecule has 0 amide bonds. The van der Waals surface area contributed by atoms with E-state index in [9.17, 15) is 4.79 Å². The molecule has 0 bridgehead atoms. The fraction of sp³-hybridized carbons (Fsp3) is 0.0588. The van der Waals surface area contributed by atoms with E-state index in [1.807, 2.05) is 30.3 Å². The lowest BCUT2D eigenvalue weighted by Crippen LogP contribution is -2.11. The summed E-state index contributed by atoms with van der Waals surface area (Å²) in [4.78, 5) is 24.3. The number of carbonyl (C=O) groups excluding carboxylic acids is 1. The Kier molecular flexibility index (Phi) is 5.50. The van der Waals surface area contributed by atoms with Crippen LogP contribution in [0.25, 0.3) is 0 Å². The molecule has 26 heavy (non-hydrogen) atoms. The molecule has 0 saturated heterocycles. The molecule has 0 spiro atoms. The molecule has 0 fully saturated rings. The van der Waals surface area contributed by atoms with Crippen molar-refractivity contribution in [3.63, 3.8) is 0 Å². The number of hydrogen-bond acceptors (Lipinski definition) is 7. The number of halogens is 2. The maximum atomic E-state index is 12.2. The van der Waals surface area contributed by atoms with Gasteiger partial charge in [0.05, 0.1) is 15.6 Å². The minimum absolute atomic E-state index is 0.00488. The number of benzene rings is 2. The van der Waals surface area contributed by atoms with Gasteiger partial charge in [0.15, 0.2) is 12.4 Å². The van der Waals surface area contributed by atoms with Gasteiger partial charge < -0.3 is 15.8 Å². The van der Waals surface area contributed by atoms with Crippen molar-refractivity contribution in [3.05, 3.63) is 70.0 Å². The van der Waals surface area contributed by atoms with Crippen molar-refractivity contribution in [1.29, 1.82) is 0 Å². The Hall–Kier alpha value is -2.90. The summed E-state index contributed by atoms with van der Waals surface area (Å²) in [5.41, 5.74) is 6.63. The summed E-state index contributed by atoms with van der Waals surface area (Å²) in [6.07, 6.45) is 0. The van der Waals surface area contributed by atoms with Gasteiger partial charge in [-0.25, -0.2) is 4.79 Å². The van der Waals surface area contributed by atoms with Crippen LogP contribution >= 0.6 is 23.2 Å². The molecule has 9 heteroatoms. The van der Waals surface area contributed by atoms with Crippen LogP contribution in [0.4, 0.5) is 17.6 Å². The van der Waals surface area contributed by atoms with Gasteiger partial charge in [-0.3, -0.25) is 0 Å². The van der Waals surface area contributed by atoms with Crippen molar-refractivity contribution in [2.45, 2.75) is 6.61 Å². The Labute approximate surface area is 159 Å². The lowest BCUT2D eigenvalue weighted by Gasteiger charge is -2.09. The summed E-state index contributed by atoms with van der Waals surface area (Å²) in [6, 6.07) is 14.0. The highest BCUT2D eigenvalue weighted by Gasteiger charge is 2.15. The molecule has 3 aromatic rings. The molecule has 3 rings (SSSR count). The summed E-state index contributed by atoms with van der Waals surface area (Å²) in [5, 5.41) is 3.39. The van der Waals surface area contributed by atoms with Crippen molar-refractivity contribution in [2.75, 3.05) is 11.1 Å². The standard InChI is InChI=1S/C17H13Cl2N5O2/c18-12-8-4-7-11(14(12)19)15(25)26-9-13-22-16(20)24-17(23-13)21-10-5-2-1-3-6-10/h1-8H,9H2,(H3,20,21,22,23,24). The molecule has 0 aliphatic heterocycles. The van der Waals surface area contributed by atoms with Gasteiger partial charge in [0.1, 0.15) is 0 Å². The number of rotatable bonds is 5. The van der Waals surface area contributed by atoms with E-state index in [0.717, 1.165) is 5.69 Å². The lowest BCUT2D eigenvalue weighted by atomic mass is 10.2. The third-order valence-corrected chi connectivity index (χ3v) is 4.05. The number of para-hydroxylation sites is 1. The van der Waals surface area contributed by atoms with Crippen LogP contribution in [0.5, 0.6) is 0 Å². The van der Waals surface area contributed by atoms with Gasteiger partial charge in [-0.2, -0.15) is 15.0 Å². The smallest absolute Gasteiger partial charge is 0.340 e. The maximum Gasteiger partial charge on any atom is 0.340 e. The third-order valence-electron chi connectivity index (χ3n) is 3.23. The normalized spacial score (nSPS) is 10.4. The van der Waals surface area contributed by atoms with Gasteiger partial charge in [-0.1, -0.05) is 47.5 Å². The third kappa shape index (κ3) is 4.38. The zero-order valence-electron chi connectivity index (χ0n) is 13.3. The van der Waals surface area contributed by atoms with Gasteiger partial charge in [0, 0.05) is 5.69 Å². The van der Waals surface area contributed by atoms with Gasteiger partial charge >= 0.3 is 5.97 Å². The van der Waals surface area contributed by atoms with Crippen molar-refractivity contribution in [1.82, 2.24) is 15.0 Å². The monoisotopic (exact) mass is 389 g/mol. The van der Waals surface area contributed by atoms with Crippen LogP contribution in [-0.2, 0) is 11.3 Å². The minimum atomic E-state index is -0.644. The first-order chi connectivity index (χ1) is 12.5. The quantitative estimate of drug-likeness (QED) is 0.638. The highest BCUT2D eigenvalue weighted by Crippen LogP contribution is 2.26. The average Bonchev–Trinajstić information content (AvgIpc) is 2.62. The summed E-state index contributed by atoms with van der Waals surface area (Å²) < 4.78 is 5.19. The number of ether oxygens (including phenoxy) is 1. The van der Waals surface area contributed by atoms with Crippen LogP contribution in [0.1, 0.15) is 16.2 Å². The topological polar surface area (TPSA) is 103 Å². The number of anilines is 3. The highest BCUT2D eigenvalue weighted by molar-refractivity contribution is 6.43. The fourth-order valence-electron chi connectivity index (χ4n) is 2.08. The second-order valence-corrected chi connectivity index (χ2v) is 5.89. The number of nitrogen functional groups attached to an aromatic ring is 1. The van der Waals surface area contributed by atoms with E-state index in [2.05, 4.69) is 20.3 Å². The lowest BCUT2D eigenvalue weighted by molar-refractivity contribution is 0.0462. The Bertz CT molecular complexity index is 938. The zero-order valence-corrected chi connectivity index (χ0v) is 14.8. The molecule has 1 heterocycles. The molecule has 0 aliphatic carbocycles. The molecule has 0 atom stereocenters. The summed E-state index contributed by atoms with van der Waals surface area (Å²) in [6.45, 7) is -0.197. The number of nitrogens with two attached hydrogens (primary N) is 1. The number of aromatic nitrogens is 3. The molecule has 1 aromatic heterocycles. The number of carbonyl (C=O) groups is 1. The number of nitrogens with zero attached hydrogens (tertiary/aromatic N) is 3. The van der Waals surface area contributed by atoms with Gasteiger partial charge in [-0.05, 0) is 24.3 Å². The van der Waals surface area contributed by atoms with Gasteiger partial charge in [0.2, 0.25) is 11.9 Å². The molecule has 0 saturated carbocycles. The SMILES string of the molecule is Nc1nc(COC(=O)c2cccc(Cl)c2Cl)nc(Nc2ccccc2)n1. The van der Waals surface area contributed by atoms with Crippen LogP contribution in [0, 0.1) is 0 Å². The molecule has 0 aliphatic rings. The molecule has 2 aromatic carbocycles. The maximum absolute atomic E-state index is 12.2. The minimum Gasteiger partial charge on any atom is -0.454 e. The van der Waals surface area contributed by atoms with Crippen LogP contribution < -0.4 is 11.1 Å². The number of nitrogens with one attached hydrogen (secondary N) is 1. The summed E-state index contributed by atoms with van der Waals surface area (Å²) in [7, 11) is 0. The molecule has 132 valence electrons. The second-order valence-electron chi connectivity index (χ2n) is 5.10. The average molecular weight is 390 g/mol. The van der Waals surface area contributed by atoms with E-state index in [1.54, 1.807) is 12.1 Å². The van der Waals surface area contributed by atoms with Crippen LogP contribution in [0.15, 0.2) is 48.5 Å². The van der Waals surface area contributed by atoms with Crippen molar-refractivity contribution >= 4 is 46.8 Å². The highest BCUT2D eigenvalue weighted by atomic mass is 35.5. The largest absolute Gasteiger partial charge is 0.454 e. The molecular weight excluding hydrogens is 377 g/mol. The van der Waals surface area contributed by atoms with Crippen molar-refractivity contribution < 1.29 is 9.53 Å².